The molecule has 12 nitrogen and oxygen atoms in total. The SMILES string of the molecule is CC#CCOc1ccc(C[C@H](NC(=O)C(/C=C/CCCCCCC2(CCCCCCC)OCCO2)C(O)(CCOC)C(=O)O)C(=O)NCCCOC)cc1. The fraction of sp³-hybridized carbons (Fsp3) is 0.690. The number of benzene rings is 1. The summed E-state index contributed by atoms with van der Waals surface area (Å²) in [4.78, 5) is 39.9. The number of amides is 2. The van der Waals surface area contributed by atoms with Gasteiger partial charge in [-0.1, -0.05) is 75.7 Å². The minimum atomic E-state index is -2.47. The number of methoxy groups -OCH3 is 2. The molecular formula is C42H66N2O10. The van der Waals surface area contributed by atoms with Crippen LogP contribution in [0.4, 0.5) is 0 Å². The second-order valence-corrected chi connectivity index (χ2v) is 13.9. The first-order valence-corrected chi connectivity index (χ1v) is 19.7. The number of ether oxygens (including phenoxy) is 5. The van der Waals surface area contributed by atoms with Crippen molar-refractivity contribution < 1.29 is 48.3 Å². The summed E-state index contributed by atoms with van der Waals surface area (Å²) in [7, 11) is 2.97. The van der Waals surface area contributed by atoms with Crippen LogP contribution in [0.1, 0.15) is 109 Å². The number of carbonyl (C=O) groups is 3. The number of carbonyl (C=O) groups excluding carboxylic acids is 2. The lowest BCUT2D eigenvalue weighted by Gasteiger charge is -2.31. The molecule has 54 heavy (non-hydrogen) atoms. The average Bonchev–Trinajstić information content (AvgIpc) is 3.63. The van der Waals surface area contributed by atoms with Gasteiger partial charge >= 0.3 is 5.97 Å². The minimum Gasteiger partial charge on any atom is -0.481 e. The molecule has 0 saturated carbocycles. The number of aliphatic carboxylic acids is 1. The zero-order chi connectivity index (χ0) is 39.5. The predicted octanol–water partition coefficient (Wildman–Crippen LogP) is 5.74. The van der Waals surface area contributed by atoms with Crippen LogP contribution < -0.4 is 15.4 Å². The zero-order valence-electron chi connectivity index (χ0n) is 33.1. The first kappa shape index (κ1) is 46.7. The quantitative estimate of drug-likeness (QED) is 0.0433. The van der Waals surface area contributed by atoms with E-state index in [0.29, 0.717) is 45.0 Å². The number of rotatable bonds is 30. The Labute approximate surface area is 323 Å². The third kappa shape index (κ3) is 17.3. The Kier molecular flexibility index (Phi) is 23.5. The van der Waals surface area contributed by atoms with Gasteiger partial charge in [0.2, 0.25) is 11.8 Å². The fourth-order valence-corrected chi connectivity index (χ4v) is 6.44. The van der Waals surface area contributed by atoms with E-state index in [9.17, 15) is 24.6 Å². The normalized spacial score (nSPS) is 15.9. The molecule has 0 radical (unpaired) electrons. The van der Waals surface area contributed by atoms with Gasteiger partial charge in [0.15, 0.2) is 11.4 Å². The summed E-state index contributed by atoms with van der Waals surface area (Å²) in [6.07, 6.45) is 15.6. The van der Waals surface area contributed by atoms with E-state index in [4.69, 9.17) is 23.7 Å². The number of carboxylic acid groups (broad SMARTS) is 1. The number of carboxylic acids is 1. The van der Waals surface area contributed by atoms with E-state index >= 15 is 0 Å². The smallest absolute Gasteiger partial charge is 0.336 e. The van der Waals surface area contributed by atoms with Gasteiger partial charge in [-0.25, -0.2) is 4.79 Å². The summed E-state index contributed by atoms with van der Waals surface area (Å²) in [5.74, 6) is 1.49. The maximum Gasteiger partial charge on any atom is 0.336 e. The summed E-state index contributed by atoms with van der Waals surface area (Å²) in [5, 5.41) is 27.2. The first-order chi connectivity index (χ1) is 26.1. The molecule has 2 unspecified atom stereocenters. The van der Waals surface area contributed by atoms with Crippen LogP contribution in [-0.2, 0) is 39.8 Å². The Morgan fingerprint density at radius 2 is 1.57 bits per heavy atom. The van der Waals surface area contributed by atoms with Crippen LogP contribution in [0.25, 0.3) is 0 Å². The molecule has 1 aliphatic rings. The highest BCUT2D eigenvalue weighted by Crippen LogP contribution is 2.32. The van der Waals surface area contributed by atoms with Crippen LogP contribution in [0.15, 0.2) is 36.4 Å². The first-order valence-electron chi connectivity index (χ1n) is 19.7. The van der Waals surface area contributed by atoms with Gasteiger partial charge in [-0.05, 0) is 56.7 Å². The Hall–Kier alpha value is -3.47. The topological polar surface area (TPSA) is 162 Å². The summed E-state index contributed by atoms with van der Waals surface area (Å²) in [6, 6.07) is 6.04. The molecule has 1 aliphatic heterocycles. The van der Waals surface area contributed by atoms with Gasteiger partial charge in [0.25, 0.3) is 0 Å². The lowest BCUT2D eigenvalue weighted by Crippen LogP contribution is -2.56. The second-order valence-electron chi connectivity index (χ2n) is 13.9. The lowest BCUT2D eigenvalue weighted by atomic mass is 9.83. The monoisotopic (exact) mass is 758 g/mol. The highest BCUT2D eigenvalue weighted by atomic mass is 16.7. The predicted molar refractivity (Wildman–Crippen MR) is 208 cm³/mol. The van der Waals surface area contributed by atoms with E-state index in [-0.39, 0.29) is 26.1 Å². The van der Waals surface area contributed by atoms with Crippen molar-refractivity contribution in [1.82, 2.24) is 10.6 Å². The van der Waals surface area contributed by atoms with E-state index in [1.54, 1.807) is 44.4 Å². The summed E-state index contributed by atoms with van der Waals surface area (Å²) in [6.45, 7) is 6.14. The van der Waals surface area contributed by atoms with Crippen molar-refractivity contribution in [3.05, 3.63) is 42.0 Å². The average molecular weight is 759 g/mol. The second kappa shape index (κ2) is 27.2. The van der Waals surface area contributed by atoms with Crippen molar-refractivity contribution >= 4 is 17.8 Å². The van der Waals surface area contributed by atoms with Crippen LogP contribution >= 0.6 is 0 Å². The largest absolute Gasteiger partial charge is 0.481 e. The molecule has 0 spiro atoms. The molecule has 1 saturated heterocycles. The Bertz CT molecular complexity index is 1300. The summed E-state index contributed by atoms with van der Waals surface area (Å²) >= 11 is 0. The highest BCUT2D eigenvalue weighted by molar-refractivity contribution is 5.93. The maximum absolute atomic E-state index is 13.9. The van der Waals surface area contributed by atoms with E-state index in [0.717, 1.165) is 50.5 Å². The third-order valence-corrected chi connectivity index (χ3v) is 9.64. The summed E-state index contributed by atoms with van der Waals surface area (Å²) in [5.41, 5.74) is -1.73. The number of aliphatic hydroxyl groups is 1. The van der Waals surface area contributed by atoms with E-state index in [1.807, 2.05) is 0 Å². The molecule has 0 aliphatic carbocycles. The Morgan fingerprint density at radius 3 is 2.19 bits per heavy atom. The van der Waals surface area contributed by atoms with Gasteiger partial charge in [-0.2, -0.15) is 0 Å². The molecule has 304 valence electrons. The molecule has 0 bridgehead atoms. The van der Waals surface area contributed by atoms with Crippen molar-refractivity contribution in [1.29, 1.82) is 0 Å². The van der Waals surface area contributed by atoms with Crippen molar-refractivity contribution in [3.63, 3.8) is 0 Å². The van der Waals surface area contributed by atoms with E-state index in [1.165, 1.54) is 38.9 Å². The molecule has 4 N–H and O–H groups in total. The minimum absolute atomic E-state index is 0.0875. The van der Waals surface area contributed by atoms with Crippen molar-refractivity contribution in [3.8, 4) is 17.6 Å². The molecule has 1 aromatic carbocycles. The van der Waals surface area contributed by atoms with E-state index < -0.39 is 41.1 Å². The molecule has 2 amide bonds. The number of allylic oxidation sites excluding steroid dienone is 1. The lowest BCUT2D eigenvalue weighted by molar-refractivity contribution is -0.169. The van der Waals surface area contributed by atoms with Crippen LogP contribution in [0, 0.1) is 17.8 Å². The van der Waals surface area contributed by atoms with Crippen LogP contribution in [0.5, 0.6) is 5.75 Å². The Balaban J connectivity index is 2.11. The highest BCUT2D eigenvalue weighted by Gasteiger charge is 2.47. The van der Waals surface area contributed by atoms with Crippen LogP contribution in [0.2, 0.25) is 0 Å². The maximum atomic E-state index is 13.9. The fourth-order valence-electron chi connectivity index (χ4n) is 6.44. The van der Waals surface area contributed by atoms with Crippen LogP contribution in [0.3, 0.4) is 0 Å². The van der Waals surface area contributed by atoms with Gasteiger partial charge in [-0.15, -0.1) is 5.92 Å². The van der Waals surface area contributed by atoms with Gasteiger partial charge in [0.05, 0.1) is 19.1 Å². The standard InChI is InChI=1S/C42H66N2O10/c1-5-7-9-13-16-24-41(53-31-32-54-41)25-17-14-11-10-12-15-19-36(42(49,40(47)48)26-30-51-4)38(45)44-37(39(46)43-27-18-28-50-3)33-34-20-22-35(23-21-34)52-29-8-6-2/h15,19-23,36-37,49H,5,7,9-14,16-18,24-33H2,1-4H3,(H,43,46)(H,44,45)(H,47,48)/b19-15+/t36?,37-,42?/m0/s1. The third-order valence-electron chi connectivity index (χ3n) is 9.64. The molecule has 1 heterocycles. The molecule has 12 heteroatoms. The van der Waals surface area contributed by atoms with Gasteiger partial charge < -0.3 is 44.5 Å². The van der Waals surface area contributed by atoms with Crippen LogP contribution in [-0.4, -0.2) is 99.2 Å². The van der Waals surface area contributed by atoms with Crippen molar-refractivity contribution in [2.75, 3.05) is 53.8 Å². The number of unbranched alkanes of at least 4 members (excludes halogenated alkanes) is 8. The number of hydrogen-bond donors (Lipinski definition) is 4. The van der Waals surface area contributed by atoms with Crippen molar-refractivity contribution in [2.45, 2.75) is 128 Å². The van der Waals surface area contributed by atoms with Gasteiger partial charge in [0.1, 0.15) is 18.4 Å². The Morgan fingerprint density at radius 1 is 0.926 bits per heavy atom. The molecule has 0 aromatic heterocycles. The molecule has 2 rings (SSSR count). The summed E-state index contributed by atoms with van der Waals surface area (Å²) < 4.78 is 27.9. The van der Waals surface area contributed by atoms with Gasteiger partial charge in [0, 0.05) is 59.7 Å². The van der Waals surface area contributed by atoms with Crippen molar-refractivity contribution in [2.24, 2.45) is 5.92 Å². The molecule has 1 aromatic rings. The van der Waals surface area contributed by atoms with E-state index in [2.05, 4.69) is 29.4 Å². The number of nitrogens with one attached hydrogen (secondary N) is 2. The molecule has 1 fully saturated rings. The zero-order valence-corrected chi connectivity index (χ0v) is 33.1. The van der Waals surface area contributed by atoms with Gasteiger partial charge in [-0.3, -0.25) is 9.59 Å². The molecular weight excluding hydrogens is 692 g/mol. The molecule has 3 atom stereocenters. The number of hydrogen-bond acceptors (Lipinski definition) is 9.